The lowest BCUT2D eigenvalue weighted by Crippen LogP contribution is -2.11. The van der Waals surface area contributed by atoms with Crippen molar-refractivity contribution in [2.24, 2.45) is 0 Å². The van der Waals surface area contributed by atoms with Crippen molar-refractivity contribution >= 4 is 22.6 Å². The van der Waals surface area contributed by atoms with E-state index in [0.717, 1.165) is 31.2 Å². The van der Waals surface area contributed by atoms with Gasteiger partial charge in [0.05, 0.1) is 11.5 Å². The Labute approximate surface area is 167 Å². The third kappa shape index (κ3) is 4.76. The highest BCUT2D eigenvalue weighted by Crippen LogP contribution is 2.58. The minimum atomic E-state index is -2.98. The molecule has 6 heteroatoms. The lowest BCUT2D eigenvalue weighted by atomic mass is 10.1. The molecule has 1 aliphatic heterocycles. The van der Waals surface area contributed by atoms with Gasteiger partial charge in [0.15, 0.2) is 0 Å². The Morgan fingerprint density at radius 1 is 1.04 bits per heavy atom. The van der Waals surface area contributed by atoms with E-state index >= 15 is 0 Å². The van der Waals surface area contributed by atoms with Crippen LogP contribution in [0.3, 0.4) is 0 Å². The Bertz CT molecular complexity index is 846. The van der Waals surface area contributed by atoms with Crippen LogP contribution in [-0.4, -0.2) is 21.7 Å². The molecule has 0 bridgehead atoms. The second-order valence-electron chi connectivity index (χ2n) is 6.72. The summed E-state index contributed by atoms with van der Waals surface area (Å²) in [5.74, 6) is -0.132. The van der Waals surface area contributed by atoms with E-state index in [2.05, 4.69) is 6.92 Å². The quantitative estimate of drug-likeness (QED) is 0.392. The third-order valence-electron chi connectivity index (χ3n) is 4.58. The molecule has 0 aromatic heterocycles. The van der Waals surface area contributed by atoms with Crippen LogP contribution < -0.4 is 4.74 Å². The molecule has 0 amide bonds. The molecule has 150 valence electrons. The summed E-state index contributed by atoms with van der Waals surface area (Å²) in [6.07, 6.45) is 5.78. The van der Waals surface area contributed by atoms with E-state index < -0.39 is 16.6 Å². The van der Waals surface area contributed by atoms with Crippen LogP contribution in [0, 0.1) is 0 Å². The van der Waals surface area contributed by atoms with Gasteiger partial charge in [0.2, 0.25) is 0 Å². The Kier molecular flexibility index (Phi) is 6.78. The highest BCUT2D eigenvalue weighted by atomic mass is 32.3. The van der Waals surface area contributed by atoms with E-state index in [1.165, 1.54) is 5.41 Å². The van der Waals surface area contributed by atoms with Crippen LogP contribution >= 0.6 is 10.6 Å². The lowest BCUT2D eigenvalue weighted by Gasteiger charge is -2.26. The summed E-state index contributed by atoms with van der Waals surface area (Å²) in [6, 6.07) is 12.6. The fourth-order valence-corrected chi connectivity index (χ4v) is 4.28. The predicted molar refractivity (Wildman–Crippen MR) is 112 cm³/mol. The predicted octanol–water partition coefficient (Wildman–Crippen LogP) is 6.10. The molecule has 1 aliphatic rings. The van der Waals surface area contributed by atoms with Crippen LogP contribution in [-0.2, 0) is 11.3 Å². The number of fused-ring (bicyclic) bond motifs is 1. The van der Waals surface area contributed by atoms with Gasteiger partial charge in [-0.05, 0) is 30.2 Å². The van der Waals surface area contributed by atoms with Crippen molar-refractivity contribution in [3.05, 3.63) is 64.6 Å². The van der Waals surface area contributed by atoms with Crippen molar-refractivity contribution in [2.75, 3.05) is 6.61 Å². The number of ether oxygens (including phenoxy) is 2. The molecule has 3 rings (SSSR count). The first-order valence-corrected chi connectivity index (χ1v) is 11.1. The first-order valence-electron chi connectivity index (χ1n) is 9.50. The molecular weight excluding hydrogens is 376 g/mol. The average Bonchev–Trinajstić information content (AvgIpc) is 3.02. The molecule has 0 fully saturated rings. The van der Waals surface area contributed by atoms with Crippen molar-refractivity contribution in [1.82, 2.24) is 0 Å². The van der Waals surface area contributed by atoms with E-state index in [1.54, 1.807) is 18.2 Å². The van der Waals surface area contributed by atoms with Gasteiger partial charge in [-0.25, -0.2) is 4.79 Å². The number of hydrogen-bond donors (Lipinski definition) is 2. The smallest absolute Gasteiger partial charge is 0.342 e. The van der Waals surface area contributed by atoms with Crippen molar-refractivity contribution in [3.63, 3.8) is 0 Å². The van der Waals surface area contributed by atoms with E-state index in [9.17, 15) is 13.9 Å². The number of benzene rings is 2. The minimum absolute atomic E-state index is 0.164. The van der Waals surface area contributed by atoms with Crippen LogP contribution in [0.5, 0.6) is 5.75 Å². The minimum Gasteiger partial charge on any atom is -0.492 e. The Balaban J connectivity index is 1.79. The number of esters is 1. The highest BCUT2D eigenvalue weighted by molar-refractivity contribution is 8.27. The van der Waals surface area contributed by atoms with Gasteiger partial charge in [0.25, 0.3) is 0 Å². The Morgan fingerprint density at radius 2 is 1.82 bits per heavy atom. The second-order valence-corrected chi connectivity index (χ2v) is 8.62. The van der Waals surface area contributed by atoms with Crippen LogP contribution in [0.4, 0.5) is 0 Å². The fraction of sp³-hybridized carbons (Fsp3) is 0.318. The van der Waals surface area contributed by atoms with Gasteiger partial charge in [0.1, 0.15) is 17.9 Å². The topological polar surface area (TPSA) is 76.0 Å². The third-order valence-corrected chi connectivity index (χ3v) is 6.10. The van der Waals surface area contributed by atoms with Gasteiger partial charge in [-0.1, -0.05) is 56.5 Å². The molecule has 2 aromatic rings. The average molecular weight is 403 g/mol. The van der Waals surface area contributed by atoms with Crippen molar-refractivity contribution < 1.29 is 23.4 Å². The molecule has 28 heavy (non-hydrogen) atoms. The van der Waals surface area contributed by atoms with Crippen LogP contribution in [0.2, 0.25) is 0 Å². The number of carbonyl (C=O) groups is 1. The molecule has 0 unspecified atom stereocenters. The fourth-order valence-electron chi connectivity index (χ4n) is 3.06. The van der Waals surface area contributed by atoms with Crippen molar-refractivity contribution in [1.29, 1.82) is 0 Å². The molecule has 0 radical (unpaired) electrons. The molecule has 2 aromatic carbocycles. The van der Waals surface area contributed by atoms with Crippen molar-refractivity contribution in [3.8, 4) is 5.75 Å². The van der Waals surface area contributed by atoms with Crippen molar-refractivity contribution in [2.45, 2.75) is 44.1 Å². The molecule has 2 N–H and O–H groups in total. The zero-order valence-corrected chi connectivity index (χ0v) is 16.8. The summed E-state index contributed by atoms with van der Waals surface area (Å²) in [7, 11) is -2.98. The summed E-state index contributed by atoms with van der Waals surface area (Å²) in [6.45, 7) is 2.77. The first-order chi connectivity index (χ1) is 13.5. The van der Waals surface area contributed by atoms with E-state index in [1.807, 2.05) is 30.3 Å². The second kappa shape index (κ2) is 9.28. The zero-order valence-electron chi connectivity index (χ0n) is 16.0. The molecule has 5 nitrogen and oxygen atoms in total. The van der Waals surface area contributed by atoms with E-state index in [4.69, 9.17) is 9.47 Å². The molecular formula is C22H26O5S. The number of hydrogen-bond acceptors (Lipinski definition) is 5. The van der Waals surface area contributed by atoms with Gasteiger partial charge in [0, 0.05) is 11.0 Å². The SMILES string of the molecule is CCCCCCOc1c(C(=O)OCc2ccccc2)ccc2c1C=CS2(O)O. The first kappa shape index (κ1) is 20.5. The summed E-state index contributed by atoms with van der Waals surface area (Å²) in [5.41, 5.74) is 1.74. The molecule has 0 aliphatic carbocycles. The van der Waals surface area contributed by atoms with Gasteiger partial charge in [-0.2, -0.15) is 0 Å². The van der Waals surface area contributed by atoms with Crippen LogP contribution in [0.25, 0.3) is 6.08 Å². The number of unbranched alkanes of at least 4 members (excludes halogenated alkanes) is 3. The number of rotatable bonds is 9. The Hall–Kier alpha value is -2.28. The van der Waals surface area contributed by atoms with Gasteiger partial charge in [-0.3, -0.25) is 9.11 Å². The molecule has 0 spiro atoms. The largest absolute Gasteiger partial charge is 0.492 e. The zero-order chi connectivity index (χ0) is 20.0. The maximum absolute atomic E-state index is 12.7. The normalized spacial score (nSPS) is 15.1. The monoisotopic (exact) mass is 402 g/mol. The van der Waals surface area contributed by atoms with Gasteiger partial charge < -0.3 is 9.47 Å². The summed E-state index contributed by atoms with van der Waals surface area (Å²) in [5, 5.41) is 1.36. The number of carbonyl (C=O) groups excluding carboxylic acids is 1. The van der Waals surface area contributed by atoms with Crippen LogP contribution in [0.15, 0.2) is 52.8 Å². The standard InChI is InChI=1S/C22H26O5S/c1-2-3-4-8-14-26-21-18-13-15-28(24,25)20(18)12-11-19(21)22(23)27-16-17-9-6-5-7-10-17/h5-7,9-13,15,24-25H,2-4,8,14,16H2,1H3. The summed E-state index contributed by atoms with van der Waals surface area (Å²) in [4.78, 5) is 13.1. The van der Waals surface area contributed by atoms with Gasteiger partial charge >= 0.3 is 5.97 Å². The summed E-state index contributed by atoms with van der Waals surface area (Å²) < 4.78 is 31.7. The van der Waals surface area contributed by atoms with E-state index in [0.29, 0.717) is 28.4 Å². The van der Waals surface area contributed by atoms with Crippen LogP contribution in [0.1, 0.15) is 54.1 Å². The maximum atomic E-state index is 12.7. The lowest BCUT2D eigenvalue weighted by molar-refractivity contribution is 0.0467. The van der Waals surface area contributed by atoms with E-state index in [-0.39, 0.29) is 6.61 Å². The highest BCUT2D eigenvalue weighted by Gasteiger charge is 2.28. The van der Waals surface area contributed by atoms with Gasteiger partial charge in [-0.15, -0.1) is 10.6 Å². The maximum Gasteiger partial charge on any atom is 0.342 e. The summed E-state index contributed by atoms with van der Waals surface area (Å²) >= 11 is 0. The molecule has 0 atom stereocenters. The Morgan fingerprint density at radius 3 is 2.57 bits per heavy atom. The molecule has 0 saturated heterocycles. The molecule has 0 saturated carbocycles. The molecule has 1 heterocycles.